The number of hydrogen-bond acceptors (Lipinski definition) is 3. The Labute approximate surface area is 186 Å². The van der Waals surface area contributed by atoms with Gasteiger partial charge in [0.15, 0.2) is 5.96 Å². The number of nitrogens with one attached hydrogen (secondary N) is 2. The fourth-order valence-electron chi connectivity index (χ4n) is 3.98. The zero-order valence-corrected chi connectivity index (χ0v) is 19.4. The minimum Gasteiger partial charge on any atom is -0.357 e. The third-order valence-electron chi connectivity index (χ3n) is 5.30. The topological polar surface area (TPSA) is 60.0 Å². The van der Waals surface area contributed by atoms with Crippen LogP contribution in [0.3, 0.4) is 0 Å². The summed E-state index contributed by atoms with van der Waals surface area (Å²) >= 11 is 0. The van der Waals surface area contributed by atoms with Gasteiger partial charge in [-0.15, -0.1) is 24.0 Å². The fraction of sp³-hybridized carbons (Fsp3) is 0.619. The Balaban J connectivity index is 0.00000280. The molecule has 0 bridgehead atoms. The number of hydrogen-bond donors (Lipinski definition) is 2. The summed E-state index contributed by atoms with van der Waals surface area (Å²) in [7, 11) is 0. The Morgan fingerprint density at radius 3 is 2.71 bits per heavy atom. The van der Waals surface area contributed by atoms with Gasteiger partial charge in [-0.05, 0) is 50.9 Å². The highest BCUT2D eigenvalue weighted by atomic mass is 127. The largest absolute Gasteiger partial charge is 0.357 e. The van der Waals surface area contributed by atoms with Crippen molar-refractivity contribution in [3.05, 3.63) is 30.3 Å². The Hall–Kier alpha value is -1.35. The number of carbonyl (C=O) groups is 1. The molecule has 0 aliphatic carbocycles. The Kier molecular flexibility index (Phi) is 9.50. The third kappa shape index (κ3) is 6.34. The summed E-state index contributed by atoms with van der Waals surface area (Å²) in [6.07, 6.45) is 2.95. The van der Waals surface area contributed by atoms with Crippen molar-refractivity contribution in [2.24, 2.45) is 10.9 Å². The van der Waals surface area contributed by atoms with Gasteiger partial charge in [0.2, 0.25) is 5.91 Å². The summed E-state index contributed by atoms with van der Waals surface area (Å²) in [6.45, 7) is 10.2. The van der Waals surface area contributed by atoms with Gasteiger partial charge in [-0.25, -0.2) is 0 Å². The highest BCUT2D eigenvalue weighted by molar-refractivity contribution is 14.0. The van der Waals surface area contributed by atoms with Crippen molar-refractivity contribution < 1.29 is 4.79 Å². The molecular formula is C21H34IN5O. The summed E-state index contributed by atoms with van der Waals surface area (Å²) in [5, 5.41) is 6.80. The lowest BCUT2D eigenvalue weighted by atomic mass is 10.1. The Morgan fingerprint density at radius 2 is 2.00 bits per heavy atom. The van der Waals surface area contributed by atoms with Crippen molar-refractivity contribution in [2.45, 2.75) is 39.2 Å². The number of para-hydroxylation sites is 1. The number of likely N-dealkylation sites (tertiary alicyclic amines) is 1. The zero-order chi connectivity index (χ0) is 19.1. The highest BCUT2D eigenvalue weighted by Gasteiger charge is 2.31. The number of rotatable bonds is 7. The normalized spacial score (nSPS) is 23.0. The quantitative estimate of drug-likeness (QED) is 0.344. The molecule has 2 N–H and O–H groups in total. The molecule has 1 aromatic rings. The van der Waals surface area contributed by atoms with Gasteiger partial charge in [-0.1, -0.05) is 25.1 Å². The number of guanidine groups is 1. The van der Waals surface area contributed by atoms with Crippen LogP contribution in [0.4, 0.5) is 5.69 Å². The van der Waals surface area contributed by atoms with Crippen molar-refractivity contribution in [3.8, 4) is 0 Å². The molecule has 156 valence electrons. The molecule has 3 rings (SSSR count). The minimum absolute atomic E-state index is 0. The number of anilines is 1. The number of nitrogens with zero attached hydrogens (tertiary/aromatic N) is 3. The first-order valence-corrected chi connectivity index (χ1v) is 10.3. The molecule has 2 saturated heterocycles. The van der Waals surface area contributed by atoms with Gasteiger partial charge < -0.3 is 20.4 Å². The molecule has 0 saturated carbocycles. The van der Waals surface area contributed by atoms with E-state index in [0.717, 1.165) is 31.3 Å². The molecule has 2 aliphatic rings. The smallest absolute Gasteiger partial charge is 0.229 e. The highest BCUT2D eigenvalue weighted by Crippen LogP contribution is 2.21. The van der Waals surface area contributed by atoms with Crippen molar-refractivity contribution in [1.82, 2.24) is 15.5 Å². The van der Waals surface area contributed by atoms with Gasteiger partial charge in [-0.2, -0.15) is 0 Å². The molecule has 2 heterocycles. The molecule has 1 aromatic carbocycles. The molecular weight excluding hydrogens is 465 g/mol. The van der Waals surface area contributed by atoms with Crippen LogP contribution >= 0.6 is 24.0 Å². The van der Waals surface area contributed by atoms with Crippen LogP contribution in [0, 0.1) is 5.92 Å². The minimum atomic E-state index is 0. The van der Waals surface area contributed by atoms with E-state index in [1.165, 1.54) is 25.9 Å². The second kappa shape index (κ2) is 11.6. The maximum atomic E-state index is 12.4. The molecule has 1 amide bonds. The van der Waals surface area contributed by atoms with E-state index in [1.807, 2.05) is 35.2 Å². The number of benzene rings is 1. The van der Waals surface area contributed by atoms with E-state index in [2.05, 4.69) is 29.4 Å². The zero-order valence-electron chi connectivity index (χ0n) is 17.1. The van der Waals surface area contributed by atoms with Crippen LogP contribution in [-0.4, -0.2) is 62.1 Å². The first-order valence-electron chi connectivity index (χ1n) is 10.3. The molecule has 7 heteroatoms. The molecule has 2 fully saturated rings. The first-order chi connectivity index (χ1) is 13.2. The van der Waals surface area contributed by atoms with Crippen LogP contribution in [0.1, 0.15) is 33.1 Å². The van der Waals surface area contributed by atoms with Gasteiger partial charge in [0.05, 0.1) is 6.04 Å². The van der Waals surface area contributed by atoms with Crippen molar-refractivity contribution >= 4 is 41.5 Å². The molecule has 0 aromatic heterocycles. The predicted octanol–water partition coefficient (Wildman–Crippen LogP) is 2.70. The Bertz CT molecular complexity index is 639. The third-order valence-corrected chi connectivity index (χ3v) is 5.30. The second-order valence-corrected chi connectivity index (χ2v) is 7.56. The lowest BCUT2D eigenvalue weighted by Crippen LogP contribution is -2.45. The molecule has 0 radical (unpaired) electrons. The Morgan fingerprint density at radius 1 is 1.21 bits per heavy atom. The van der Waals surface area contributed by atoms with E-state index in [0.29, 0.717) is 18.9 Å². The van der Waals surface area contributed by atoms with Crippen molar-refractivity contribution in [3.63, 3.8) is 0 Å². The number of halogens is 1. The summed E-state index contributed by atoms with van der Waals surface area (Å²) in [5.74, 6) is 1.64. The van der Waals surface area contributed by atoms with Crippen molar-refractivity contribution in [1.29, 1.82) is 0 Å². The number of carbonyl (C=O) groups excluding carboxylic acids is 1. The molecule has 6 nitrogen and oxygen atoms in total. The fourth-order valence-corrected chi connectivity index (χ4v) is 3.98. The van der Waals surface area contributed by atoms with Gasteiger partial charge in [0.25, 0.3) is 0 Å². The number of amides is 1. The lowest BCUT2D eigenvalue weighted by Gasteiger charge is -2.19. The van der Waals surface area contributed by atoms with Crippen LogP contribution in [0.15, 0.2) is 35.3 Å². The van der Waals surface area contributed by atoms with Gasteiger partial charge >= 0.3 is 0 Å². The van der Waals surface area contributed by atoms with Gasteiger partial charge in [-0.3, -0.25) is 9.79 Å². The second-order valence-electron chi connectivity index (χ2n) is 7.56. The average molecular weight is 499 g/mol. The van der Waals surface area contributed by atoms with Gasteiger partial charge in [0.1, 0.15) is 0 Å². The van der Waals surface area contributed by atoms with E-state index in [9.17, 15) is 4.79 Å². The van der Waals surface area contributed by atoms with Crippen LogP contribution in [0.2, 0.25) is 0 Å². The van der Waals surface area contributed by atoms with E-state index >= 15 is 0 Å². The summed E-state index contributed by atoms with van der Waals surface area (Å²) < 4.78 is 0. The monoisotopic (exact) mass is 499 g/mol. The molecule has 2 atom stereocenters. The molecule has 0 spiro atoms. The lowest BCUT2D eigenvalue weighted by molar-refractivity contribution is -0.117. The van der Waals surface area contributed by atoms with E-state index < -0.39 is 0 Å². The molecule has 2 unspecified atom stereocenters. The standard InChI is InChI=1S/C21H33N5O.HI/c1-3-11-25-12-10-17(15-25)14-23-21(22-4-2)24-18-13-20(27)26(16-18)19-8-6-5-7-9-19;/h5-9,17-18H,3-4,10-16H2,1-2H3,(H2,22,23,24);1H. The summed E-state index contributed by atoms with van der Waals surface area (Å²) in [6, 6.07) is 9.98. The van der Waals surface area contributed by atoms with Crippen LogP contribution in [-0.2, 0) is 4.79 Å². The summed E-state index contributed by atoms with van der Waals surface area (Å²) in [5.41, 5.74) is 0.968. The molecule has 2 aliphatic heterocycles. The van der Waals surface area contributed by atoms with Gasteiger partial charge in [0, 0.05) is 38.3 Å². The number of aliphatic imine (C=N–C) groups is 1. The SMILES string of the molecule is CCCN1CCC(CN=C(NCC)NC2CC(=O)N(c3ccccc3)C2)C1.I. The van der Waals surface area contributed by atoms with Crippen LogP contribution < -0.4 is 15.5 Å². The summed E-state index contributed by atoms with van der Waals surface area (Å²) in [4.78, 5) is 21.6. The van der Waals surface area contributed by atoms with Crippen LogP contribution in [0.5, 0.6) is 0 Å². The predicted molar refractivity (Wildman–Crippen MR) is 127 cm³/mol. The maximum absolute atomic E-state index is 12.4. The maximum Gasteiger partial charge on any atom is 0.229 e. The van der Waals surface area contributed by atoms with E-state index in [1.54, 1.807) is 0 Å². The average Bonchev–Trinajstić information content (AvgIpc) is 3.27. The molecule has 28 heavy (non-hydrogen) atoms. The van der Waals surface area contributed by atoms with Crippen molar-refractivity contribution in [2.75, 3.05) is 44.2 Å². The van der Waals surface area contributed by atoms with Crippen LogP contribution in [0.25, 0.3) is 0 Å². The van der Waals surface area contributed by atoms with E-state index in [4.69, 9.17) is 4.99 Å². The van der Waals surface area contributed by atoms with E-state index in [-0.39, 0.29) is 35.9 Å². The first kappa shape index (κ1) is 22.9.